The molecule has 2 N–H and O–H groups in total. The van der Waals surface area contributed by atoms with Gasteiger partial charge in [0.1, 0.15) is 6.04 Å². The van der Waals surface area contributed by atoms with E-state index in [0.29, 0.717) is 18.5 Å². The second kappa shape index (κ2) is 11.2. The average Bonchev–Trinajstić information content (AvgIpc) is 3.03. The molecule has 32 heavy (non-hydrogen) atoms. The highest BCUT2D eigenvalue weighted by Crippen LogP contribution is 2.37. The summed E-state index contributed by atoms with van der Waals surface area (Å²) in [6.45, 7) is 3.07. The van der Waals surface area contributed by atoms with E-state index in [-0.39, 0.29) is 25.3 Å². The van der Waals surface area contributed by atoms with Crippen LogP contribution in [-0.4, -0.2) is 59.1 Å². The molecule has 0 aromatic rings. The minimum Gasteiger partial charge on any atom is -0.295 e. The Hall–Kier alpha value is -2.81. The summed E-state index contributed by atoms with van der Waals surface area (Å²) in [6, 6.07) is -0.979. The number of carbonyl (C=O) groups excluding carboxylic acids is 5. The van der Waals surface area contributed by atoms with Gasteiger partial charge in [-0.2, -0.15) is 0 Å². The normalized spacial score (nSPS) is 25.0. The van der Waals surface area contributed by atoms with Gasteiger partial charge in [-0.3, -0.25) is 39.2 Å². The summed E-state index contributed by atoms with van der Waals surface area (Å²) in [7, 11) is 0. The van der Waals surface area contributed by atoms with E-state index in [0.717, 1.165) is 17.7 Å². The molecule has 9 nitrogen and oxygen atoms in total. The SMILES string of the molecule is CCCCCCCCNN(C=O)CC1C=CC=C2C(=O)N(C3CCC(=O)NC3=O)C(=O)C21. The predicted octanol–water partition coefficient (Wildman–Crippen LogP) is 1.21. The first-order chi connectivity index (χ1) is 15.5. The fourth-order valence-electron chi connectivity index (χ4n) is 4.55. The second-order valence-corrected chi connectivity index (χ2v) is 8.56. The van der Waals surface area contributed by atoms with Crippen molar-refractivity contribution in [2.45, 2.75) is 64.3 Å². The molecule has 0 radical (unpaired) electrons. The Balaban J connectivity index is 1.59. The molecular formula is C23H32N4O5. The molecule has 3 aliphatic rings. The van der Waals surface area contributed by atoms with Crippen LogP contribution in [-0.2, 0) is 24.0 Å². The lowest BCUT2D eigenvalue weighted by Gasteiger charge is -2.29. The van der Waals surface area contributed by atoms with Gasteiger partial charge in [0.15, 0.2) is 0 Å². The maximum atomic E-state index is 13.2. The number of rotatable bonds is 12. The van der Waals surface area contributed by atoms with E-state index in [4.69, 9.17) is 0 Å². The quantitative estimate of drug-likeness (QED) is 0.202. The number of fused-ring (bicyclic) bond motifs is 1. The minimum atomic E-state index is -0.979. The van der Waals surface area contributed by atoms with Crippen LogP contribution in [0.1, 0.15) is 58.3 Å². The number of allylic oxidation sites excluding steroid dienone is 2. The van der Waals surface area contributed by atoms with E-state index in [1.165, 1.54) is 30.7 Å². The number of nitrogens with zero attached hydrogens (tertiary/aromatic N) is 2. The number of nitrogens with one attached hydrogen (secondary N) is 2. The maximum Gasteiger partial charge on any atom is 0.257 e. The van der Waals surface area contributed by atoms with Gasteiger partial charge in [-0.15, -0.1) is 0 Å². The summed E-state index contributed by atoms with van der Waals surface area (Å²) < 4.78 is 0. The van der Waals surface area contributed by atoms with Crippen molar-refractivity contribution >= 4 is 30.0 Å². The Labute approximate surface area is 188 Å². The Bertz CT molecular complexity index is 821. The molecule has 2 fully saturated rings. The minimum absolute atomic E-state index is 0.0835. The van der Waals surface area contributed by atoms with Crippen LogP contribution in [0, 0.1) is 11.8 Å². The summed E-state index contributed by atoms with van der Waals surface area (Å²) >= 11 is 0. The van der Waals surface area contributed by atoms with E-state index in [1.54, 1.807) is 12.2 Å². The van der Waals surface area contributed by atoms with Gasteiger partial charge in [0.25, 0.3) is 5.91 Å². The van der Waals surface area contributed by atoms with Crippen LogP contribution in [0.4, 0.5) is 0 Å². The first kappa shape index (κ1) is 23.8. The number of unbranched alkanes of at least 4 members (excludes halogenated alkanes) is 5. The van der Waals surface area contributed by atoms with E-state index in [2.05, 4.69) is 17.7 Å². The number of hydrazine groups is 1. The van der Waals surface area contributed by atoms with Crippen molar-refractivity contribution in [3.63, 3.8) is 0 Å². The summed E-state index contributed by atoms with van der Waals surface area (Å²) in [6.07, 6.45) is 12.9. The van der Waals surface area contributed by atoms with Crippen molar-refractivity contribution in [2.24, 2.45) is 11.8 Å². The van der Waals surface area contributed by atoms with Gasteiger partial charge in [0.05, 0.1) is 5.92 Å². The molecule has 2 saturated heterocycles. The van der Waals surface area contributed by atoms with Crippen LogP contribution in [0.3, 0.4) is 0 Å². The molecule has 0 aromatic heterocycles. The fraction of sp³-hybridized carbons (Fsp3) is 0.609. The molecular weight excluding hydrogens is 412 g/mol. The van der Waals surface area contributed by atoms with Crippen LogP contribution in [0.2, 0.25) is 0 Å². The number of carbonyl (C=O) groups is 5. The molecule has 0 aromatic carbocycles. The summed E-state index contributed by atoms with van der Waals surface area (Å²) in [5.41, 5.74) is 3.43. The van der Waals surface area contributed by atoms with Gasteiger partial charge >= 0.3 is 0 Å². The van der Waals surface area contributed by atoms with Crippen LogP contribution >= 0.6 is 0 Å². The molecule has 0 saturated carbocycles. The molecule has 3 rings (SSSR count). The zero-order valence-electron chi connectivity index (χ0n) is 18.5. The number of imide groups is 2. The highest BCUT2D eigenvalue weighted by Gasteiger charge is 2.52. The van der Waals surface area contributed by atoms with Crippen LogP contribution < -0.4 is 10.7 Å². The van der Waals surface area contributed by atoms with E-state index in [9.17, 15) is 24.0 Å². The first-order valence-corrected chi connectivity index (χ1v) is 11.5. The van der Waals surface area contributed by atoms with Gasteiger partial charge in [0.2, 0.25) is 24.1 Å². The lowest BCUT2D eigenvalue weighted by atomic mass is 9.83. The number of hydrogen-bond acceptors (Lipinski definition) is 6. The van der Waals surface area contributed by atoms with Gasteiger partial charge < -0.3 is 0 Å². The second-order valence-electron chi connectivity index (χ2n) is 8.56. The molecule has 9 heteroatoms. The Morgan fingerprint density at radius 1 is 1.16 bits per heavy atom. The lowest BCUT2D eigenvalue weighted by molar-refractivity contribution is -0.151. The molecule has 2 heterocycles. The van der Waals surface area contributed by atoms with Crippen molar-refractivity contribution in [3.8, 4) is 0 Å². The van der Waals surface area contributed by atoms with Crippen molar-refractivity contribution in [3.05, 3.63) is 23.8 Å². The molecule has 0 spiro atoms. The number of amides is 5. The van der Waals surface area contributed by atoms with Gasteiger partial charge in [-0.25, -0.2) is 5.43 Å². The van der Waals surface area contributed by atoms with Crippen molar-refractivity contribution in [1.29, 1.82) is 0 Å². The summed E-state index contributed by atoms with van der Waals surface area (Å²) in [4.78, 5) is 62.4. The third-order valence-corrected chi connectivity index (χ3v) is 6.27. The number of likely N-dealkylation sites (tertiary alicyclic amines) is 1. The Morgan fingerprint density at radius 2 is 1.91 bits per heavy atom. The molecule has 1 aliphatic carbocycles. The van der Waals surface area contributed by atoms with Crippen LogP contribution in [0.5, 0.6) is 0 Å². The molecule has 3 unspecified atom stereocenters. The largest absolute Gasteiger partial charge is 0.295 e. The van der Waals surface area contributed by atoms with Gasteiger partial charge in [0, 0.05) is 31.0 Å². The van der Waals surface area contributed by atoms with Crippen LogP contribution in [0.25, 0.3) is 0 Å². The fourth-order valence-corrected chi connectivity index (χ4v) is 4.55. The predicted molar refractivity (Wildman–Crippen MR) is 116 cm³/mol. The molecule has 174 valence electrons. The smallest absolute Gasteiger partial charge is 0.257 e. The third-order valence-electron chi connectivity index (χ3n) is 6.27. The topological polar surface area (TPSA) is 116 Å². The van der Waals surface area contributed by atoms with Crippen molar-refractivity contribution < 1.29 is 24.0 Å². The van der Waals surface area contributed by atoms with E-state index < -0.39 is 35.6 Å². The van der Waals surface area contributed by atoms with E-state index in [1.807, 2.05) is 6.08 Å². The number of hydrogen-bond donors (Lipinski definition) is 2. The maximum absolute atomic E-state index is 13.2. The van der Waals surface area contributed by atoms with Crippen molar-refractivity contribution in [1.82, 2.24) is 20.7 Å². The van der Waals surface area contributed by atoms with Crippen molar-refractivity contribution in [2.75, 3.05) is 13.1 Å². The Morgan fingerprint density at radius 3 is 2.62 bits per heavy atom. The lowest BCUT2D eigenvalue weighted by Crippen LogP contribution is -2.54. The standard InChI is InChI=1S/C23H32N4O5/c1-2-3-4-5-6-7-13-24-26(15-28)14-16-9-8-10-17-20(16)23(32)27(22(17)31)18-11-12-19(29)25-21(18)30/h8-10,15-16,18,20,24H,2-7,11-14H2,1H3,(H,25,29,30). The monoisotopic (exact) mass is 444 g/mol. The van der Waals surface area contributed by atoms with E-state index >= 15 is 0 Å². The van der Waals surface area contributed by atoms with Crippen LogP contribution in [0.15, 0.2) is 23.8 Å². The first-order valence-electron chi connectivity index (χ1n) is 11.5. The Kier molecular flexibility index (Phi) is 8.33. The molecule has 2 aliphatic heterocycles. The van der Waals surface area contributed by atoms with Gasteiger partial charge in [-0.1, -0.05) is 57.3 Å². The highest BCUT2D eigenvalue weighted by molar-refractivity contribution is 6.18. The third kappa shape index (κ3) is 5.32. The molecule has 0 bridgehead atoms. The summed E-state index contributed by atoms with van der Waals surface area (Å²) in [5.74, 6) is -3.10. The zero-order valence-corrected chi connectivity index (χ0v) is 18.5. The average molecular weight is 445 g/mol. The summed E-state index contributed by atoms with van der Waals surface area (Å²) in [5, 5.41) is 3.63. The number of piperidine rings is 1. The zero-order chi connectivity index (χ0) is 23.1. The van der Waals surface area contributed by atoms with Gasteiger partial charge in [-0.05, 0) is 12.8 Å². The molecule has 5 amide bonds. The highest BCUT2D eigenvalue weighted by atomic mass is 16.2. The molecule has 3 atom stereocenters.